The number of amides is 1. The van der Waals surface area contributed by atoms with E-state index in [4.69, 9.17) is 5.73 Å². The van der Waals surface area contributed by atoms with Gasteiger partial charge in [-0.25, -0.2) is 0 Å². The first-order chi connectivity index (χ1) is 13.0. The Morgan fingerprint density at radius 3 is 2.48 bits per heavy atom. The first-order valence-corrected chi connectivity index (χ1v) is 9.98. The van der Waals surface area contributed by atoms with Crippen molar-refractivity contribution in [2.45, 2.75) is 38.3 Å². The molecule has 0 unspecified atom stereocenters. The van der Waals surface area contributed by atoms with E-state index >= 15 is 0 Å². The number of hydrogen-bond donors (Lipinski definition) is 1. The number of rotatable bonds is 7. The van der Waals surface area contributed by atoms with Crippen LogP contribution in [0.1, 0.15) is 37.3 Å². The summed E-state index contributed by atoms with van der Waals surface area (Å²) in [5.74, 6) is 1.42. The standard InChI is InChI=1S/C21H24N4OS/c1-14(2)17-6-4-5-7-18(17)25-20(16-10-8-15(3)9-11-16)23-24-21(25)27-13-12-19(22)26/h4-11,14H,12-13H2,1-3H3,(H2,22,26). The minimum absolute atomic E-state index is 0.309. The van der Waals surface area contributed by atoms with Crippen LogP contribution in [0, 0.1) is 6.92 Å². The number of primary amides is 1. The summed E-state index contributed by atoms with van der Waals surface area (Å²) in [6.45, 7) is 6.41. The molecular formula is C21H24N4OS. The fraction of sp³-hybridized carbons (Fsp3) is 0.286. The van der Waals surface area contributed by atoms with E-state index < -0.39 is 0 Å². The number of thioether (sulfide) groups is 1. The first-order valence-electron chi connectivity index (χ1n) is 9.00. The number of nitrogens with two attached hydrogens (primary N) is 1. The van der Waals surface area contributed by atoms with E-state index in [1.165, 1.54) is 22.9 Å². The van der Waals surface area contributed by atoms with E-state index in [9.17, 15) is 4.79 Å². The number of hydrogen-bond acceptors (Lipinski definition) is 4. The molecule has 1 amide bonds. The van der Waals surface area contributed by atoms with E-state index in [1.807, 2.05) is 6.07 Å². The van der Waals surface area contributed by atoms with Crippen LogP contribution < -0.4 is 5.73 Å². The second-order valence-electron chi connectivity index (χ2n) is 6.79. The van der Waals surface area contributed by atoms with Crippen molar-refractivity contribution >= 4 is 17.7 Å². The fourth-order valence-electron chi connectivity index (χ4n) is 2.89. The van der Waals surface area contributed by atoms with Gasteiger partial charge in [-0.3, -0.25) is 9.36 Å². The van der Waals surface area contributed by atoms with Crippen LogP contribution in [-0.2, 0) is 4.79 Å². The molecule has 2 aromatic carbocycles. The van der Waals surface area contributed by atoms with Crippen LogP contribution in [0.2, 0.25) is 0 Å². The lowest BCUT2D eigenvalue weighted by molar-refractivity contribution is -0.117. The molecule has 0 saturated heterocycles. The molecule has 2 N–H and O–H groups in total. The van der Waals surface area contributed by atoms with E-state index in [1.54, 1.807) is 0 Å². The van der Waals surface area contributed by atoms with Crippen molar-refractivity contribution in [2.75, 3.05) is 5.75 Å². The molecule has 3 aromatic rings. The molecule has 0 radical (unpaired) electrons. The zero-order chi connectivity index (χ0) is 19.4. The number of benzene rings is 2. The highest BCUT2D eigenvalue weighted by Crippen LogP contribution is 2.32. The molecule has 0 aliphatic carbocycles. The van der Waals surface area contributed by atoms with Crippen LogP contribution in [-0.4, -0.2) is 26.4 Å². The number of carbonyl (C=O) groups is 1. The number of nitrogens with zero attached hydrogens (tertiary/aromatic N) is 3. The van der Waals surface area contributed by atoms with Gasteiger partial charge in [0.15, 0.2) is 11.0 Å². The predicted molar refractivity (Wildman–Crippen MR) is 110 cm³/mol. The quantitative estimate of drug-likeness (QED) is 0.619. The van der Waals surface area contributed by atoms with Gasteiger partial charge in [-0.15, -0.1) is 10.2 Å². The maximum Gasteiger partial charge on any atom is 0.218 e. The van der Waals surface area contributed by atoms with Crippen LogP contribution in [0.15, 0.2) is 53.7 Å². The lowest BCUT2D eigenvalue weighted by Crippen LogP contribution is -2.11. The number of aromatic nitrogens is 3. The highest BCUT2D eigenvalue weighted by molar-refractivity contribution is 7.99. The predicted octanol–water partition coefficient (Wildman–Crippen LogP) is 4.33. The number of carbonyl (C=O) groups excluding carboxylic acids is 1. The summed E-state index contributed by atoms with van der Waals surface area (Å²) >= 11 is 1.50. The Hall–Kier alpha value is -2.60. The molecule has 0 bridgehead atoms. The lowest BCUT2D eigenvalue weighted by Gasteiger charge is -2.17. The molecule has 140 valence electrons. The molecule has 1 heterocycles. The molecule has 6 heteroatoms. The van der Waals surface area contributed by atoms with Crippen molar-refractivity contribution in [3.63, 3.8) is 0 Å². The zero-order valence-electron chi connectivity index (χ0n) is 15.8. The normalized spacial score (nSPS) is 11.1. The molecular weight excluding hydrogens is 356 g/mol. The van der Waals surface area contributed by atoms with Crippen LogP contribution in [0.4, 0.5) is 0 Å². The molecule has 0 spiro atoms. The van der Waals surface area contributed by atoms with Crippen molar-refractivity contribution in [3.05, 3.63) is 59.7 Å². The van der Waals surface area contributed by atoms with Gasteiger partial charge in [0.25, 0.3) is 0 Å². The van der Waals surface area contributed by atoms with E-state index in [-0.39, 0.29) is 5.91 Å². The Morgan fingerprint density at radius 2 is 1.81 bits per heavy atom. The molecule has 0 fully saturated rings. The van der Waals surface area contributed by atoms with Crippen molar-refractivity contribution < 1.29 is 4.79 Å². The van der Waals surface area contributed by atoms with E-state index in [0.717, 1.165) is 22.2 Å². The summed E-state index contributed by atoms with van der Waals surface area (Å²) in [7, 11) is 0. The van der Waals surface area contributed by atoms with Gasteiger partial charge in [0.1, 0.15) is 0 Å². The summed E-state index contributed by atoms with van der Waals surface area (Å²) in [6, 6.07) is 16.6. The number of aryl methyl sites for hydroxylation is 1. The Labute approximate surface area is 164 Å². The second-order valence-corrected chi connectivity index (χ2v) is 7.85. The van der Waals surface area contributed by atoms with Gasteiger partial charge < -0.3 is 5.73 Å². The lowest BCUT2D eigenvalue weighted by atomic mass is 10.0. The topological polar surface area (TPSA) is 73.8 Å². The molecule has 0 atom stereocenters. The molecule has 0 aliphatic heterocycles. The minimum atomic E-state index is -0.310. The van der Waals surface area contributed by atoms with Gasteiger partial charge >= 0.3 is 0 Å². The average molecular weight is 381 g/mol. The SMILES string of the molecule is Cc1ccc(-c2nnc(SCCC(N)=O)n2-c2ccccc2C(C)C)cc1. The average Bonchev–Trinajstić information content (AvgIpc) is 3.05. The first kappa shape index (κ1) is 19.2. The molecule has 5 nitrogen and oxygen atoms in total. The third-order valence-electron chi connectivity index (χ3n) is 4.32. The Balaban J connectivity index is 2.11. The third-order valence-corrected chi connectivity index (χ3v) is 5.25. The maximum absolute atomic E-state index is 11.1. The van der Waals surface area contributed by atoms with Crippen LogP contribution in [0.5, 0.6) is 0 Å². The monoisotopic (exact) mass is 380 g/mol. The third kappa shape index (κ3) is 4.39. The molecule has 27 heavy (non-hydrogen) atoms. The summed E-state index contributed by atoms with van der Waals surface area (Å²) in [5, 5.41) is 9.64. The van der Waals surface area contributed by atoms with E-state index in [0.29, 0.717) is 18.1 Å². The van der Waals surface area contributed by atoms with Crippen LogP contribution in [0.25, 0.3) is 17.1 Å². The zero-order valence-corrected chi connectivity index (χ0v) is 16.7. The van der Waals surface area contributed by atoms with Crippen molar-refractivity contribution in [1.29, 1.82) is 0 Å². The van der Waals surface area contributed by atoms with E-state index in [2.05, 4.69) is 78.0 Å². The van der Waals surface area contributed by atoms with Crippen molar-refractivity contribution in [3.8, 4) is 17.1 Å². The van der Waals surface area contributed by atoms with Gasteiger partial charge in [0.05, 0.1) is 5.69 Å². The Bertz CT molecular complexity index is 932. The highest BCUT2D eigenvalue weighted by atomic mass is 32.2. The van der Waals surface area contributed by atoms with Crippen LogP contribution >= 0.6 is 11.8 Å². The smallest absolute Gasteiger partial charge is 0.218 e. The Kier molecular flexibility index (Phi) is 5.96. The fourth-order valence-corrected chi connectivity index (χ4v) is 3.79. The highest BCUT2D eigenvalue weighted by Gasteiger charge is 2.19. The molecule has 0 saturated carbocycles. The Morgan fingerprint density at radius 1 is 1.11 bits per heavy atom. The van der Waals surface area contributed by atoms with Gasteiger partial charge in [-0.1, -0.05) is 73.6 Å². The van der Waals surface area contributed by atoms with Gasteiger partial charge in [0, 0.05) is 17.7 Å². The van der Waals surface area contributed by atoms with Gasteiger partial charge in [-0.2, -0.15) is 0 Å². The van der Waals surface area contributed by atoms with Gasteiger partial charge in [-0.05, 0) is 24.5 Å². The van der Waals surface area contributed by atoms with Crippen molar-refractivity contribution in [1.82, 2.24) is 14.8 Å². The van der Waals surface area contributed by atoms with Gasteiger partial charge in [0.2, 0.25) is 5.91 Å². The molecule has 0 aliphatic rings. The minimum Gasteiger partial charge on any atom is -0.370 e. The largest absolute Gasteiger partial charge is 0.370 e. The molecule has 1 aromatic heterocycles. The molecule has 3 rings (SSSR count). The second kappa shape index (κ2) is 8.39. The van der Waals surface area contributed by atoms with Crippen molar-refractivity contribution in [2.24, 2.45) is 5.73 Å². The summed E-state index contributed by atoms with van der Waals surface area (Å²) < 4.78 is 2.09. The van der Waals surface area contributed by atoms with Crippen LogP contribution in [0.3, 0.4) is 0 Å². The number of para-hydroxylation sites is 1. The maximum atomic E-state index is 11.1. The summed E-state index contributed by atoms with van der Waals surface area (Å²) in [4.78, 5) is 11.1. The summed E-state index contributed by atoms with van der Waals surface area (Å²) in [6.07, 6.45) is 0.309. The summed E-state index contributed by atoms with van der Waals surface area (Å²) in [5.41, 5.74) is 9.78.